The number of aldehydes is 1. The summed E-state index contributed by atoms with van der Waals surface area (Å²) >= 11 is 0. The van der Waals surface area contributed by atoms with Crippen molar-refractivity contribution >= 4 is 18.1 Å². The maximum atomic E-state index is 13.6. The van der Waals surface area contributed by atoms with Gasteiger partial charge in [0, 0.05) is 31.1 Å². The van der Waals surface area contributed by atoms with Crippen molar-refractivity contribution in [3.63, 3.8) is 0 Å². The number of rotatable bonds is 11. The minimum absolute atomic E-state index is 0.165. The van der Waals surface area contributed by atoms with Gasteiger partial charge in [-0.1, -0.05) is 42.5 Å². The van der Waals surface area contributed by atoms with Crippen molar-refractivity contribution < 1.29 is 23.5 Å². The van der Waals surface area contributed by atoms with E-state index in [4.69, 9.17) is 4.74 Å². The molecule has 0 aromatic heterocycles. The number of benzene rings is 3. The first-order valence-electron chi connectivity index (χ1n) is 14.2. The summed E-state index contributed by atoms with van der Waals surface area (Å²) in [6, 6.07) is 20.0. The number of carbonyl (C=O) groups is 3. The van der Waals surface area contributed by atoms with Crippen molar-refractivity contribution in [2.24, 2.45) is 0 Å². The number of carbonyl (C=O) groups excluding carboxylic acids is 3. The van der Waals surface area contributed by atoms with Gasteiger partial charge in [-0.2, -0.15) is 0 Å². The van der Waals surface area contributed by atoms with Crippen LogP contribution in [0.25, 0.3) is 0 Å². The fourth-order valence-electron chi connectivity index (χ4n) is 5.88. The lowest BCUT2D eigenvalue weighted by molar-refractivity contribution is -0.125. The first-order chi connectivity index (χ1) is 20.0. The van der Waals surface area contributed by atoms with E-state index >= 15 is 0 Å². The summed E-state index contributed by atoms with van der Waals surface area (Å²) in [5.74, 6) is 0.353. The Kier molecular flexibility index (Phi) is 9.09. The third kappa shape index (κ3) is 6.65. The second kappa shape index (κ2) is 13.1. The Labute approximate surface area is 240 Å². The predicted molar refractivity (Wildman–Crippen MR) is 154 cm³/mol. The van der Waals surface area contributed by atoms with Crippen LogP contribution in [0, 0.1) is 5.82 Å². The zero-order chi connectivity index (χ0) is 28.8. The topological polar surface area (TPSA) is 79.0 Å². The van der Waals surface area contributed by atoms with E-state index in [9.17, 15) is 18.8 Å². The molecule has 0 spiro atoms. The molecule has 0 radical (unpaired) electrons. The van der Waals surface area contributed by atoms with Gasteiger partial charge in [0.2, 0.25) is 5.91 Å². The molecule has 1 N–H and O–H groups in total. The molecule has 2 aliphatic heterocycles. The summed E-state index contributed by atoms with van der Waals surface area (Å²) in [5.41, 5.74) is 4.64. The largest absolute Gasteiger partial charge is 0.489 e. The summed E-state index contributed by atoms with van der Waals surface area (Å²) in [6.45, 7) is 3.45. The predicted octanol–water partition coefficient (Wildman–Crippen LogP) is 4.83. The van der Waals surface area contributed by atoms with E-state index in [1.807, 2.05) is 12.1 Å². The van der Waals surface area contributed by atoms with Crippen molar-refractivity contribution in [3.05, 3.63) is 100 Å². The van der Waals surface area contributed by atoms with E-state index in [1.165, 1.54) is 23.6 Å². The molecule has 1 saturated heterocycles. The van der Waals surface area contributed by atoms with Crippen LogP contribution in [0.1, 0.15) is 64.2 Å². The Hall–Kier alpha value is -4.04. The van der Waals surface area contributed by atoms with Gasteiger partial charge in [0.1, 0.15) is 30.5 Å². The second-order valence-electron chi connectivity index (χ2n) is 10.8. The number of piperidine rings is 1. The first-order valence-corrected chi connectivity index (χ1v) is 14.2. The fourth-order valence-corrected chi connectivity index (χ4v) is 5.88. The van der Waals surface area contributed by atoms with E-state index in [2.05, 4.69) is 34.5 Å². The third-order valence-corrected chi connectivity index (χ3v) is 8.17. The Balaban J connectivity index is 1.16. The summed E-state index contributed by atoms with van der Waals surface area (Å²) in [4.78, 5) is 40.5. The minimum atomic E-state index is -0.711. The molecule has 2 aliphatic rings. The molecule has 2 heterocycles. The molecule has 5 rings (SSSR count). The van der Waals surface area contributed by atoms with Gasteiger partial charge in [-0.3, -0.25) is 14.5 Å². The number of fused-ring (bicyclic) bond motifs is 1. The quantitative estimate of drug-likeness (QED) is 0.342. The Morgan fingerprint density at radius 2 is 1.80 bits per heavy atom. The maximum Gasteiger partial charge on any atom is 0.255 e. The molecule has 1 atom stereocenters. The normalized spacial score (nSPS) is 16.3. The number of halogens is 1. The summed E-state index contributed by atoms with van der Waals surface area (Å²) in [5, 5.41) is 2.60. The molecule has 0 aliphatic carbocycles. The highest BCUT2D eigenvalue weighted by molar-refractivity contribution is 6.01. The number of likely N-dealkylation sites (N-methyl/N-ethyl adjacent to an activating group) is 1. The third-order valence-electron chi connectivity index (χ3n) is 8.17. The fraction of sp³-hybridized carbons (Fsp3) is 0.364. The molecule has 3 aromatic carbocycles. The van der Waals surface area contributed by atoms with Crippen molar-refractivity contribution in [3.8, 4) is 5.75 Å². The van der Waals surface area contributed by atoms with Gasteiger partial charge < -0.3 is 19.7 Å². The maximum absolute atomic E-state index is 13.6. The molecule has 2 amide bonds. The average molecular weight is 558 g/mol. The summed E-state index contributed by atoms with van der Waals surface area (Å²) in [7, 11) is 1.53. The molecule has 41 heavy (non-hydrogen) atoms. The average Bonchev–Trinajstić information content (AvgIpc) is 3.33. The van der Waals surface area contributed by atoms with E-state index in [-0.39, 0.29) is 37.0 Å². The molecule has 0 bridgehead atoms. The highest BCUT2D eigenvalue weighted by Crippen LogP contribution is 2.34. The Bertz CT molecular complexity index is 1390. The van der Waals surface area contributed by atoms with E-state index in [0.717, 1.165) is 55.5 Å². The molecule has 1 fully saturated rings. The molecule has 8 heteroatoms. The van der Waals surface area contributed by atoms with Crippen LogP contribution in [0.5, 0.6) is 5.75 Å². The van der Waals surface area contributed by atoms with Gasteiger partial charge in [-0.05, 0) is 79.2 Å². The van der Waals surface area contributed by atoms with Crippen LogP contribution >= 0.6 is 0 Å². The number of likely N-dealkylation sites (tertiary alicyclic amines) is 1. The van der Waals surface area contributed by atoms with Gasteiger partial charge in [0.05, 0.1) is 6.54 Å². The number of amides is 2. The number of hydrogen-bond donors (Lipinski definition) is 1. The highest BCUT2D eigenvalue weighted by Gasteiger charge is 2.37. The van der Waals surface area contributed by atoms with Gasteiger partial charge in [-0.25, -0.2) is 4.39 Å². The van der Waals surface area contributed by atoms with Crippen LogP contribution in [-0.2, 0) is 29.3 Å². The van der Waals surface area contributed by atoms with Crippen LogP contribution in [0.4, 0.5) is 4.39 Å². The SMILES string of the molecule is CNC(=O)C(CCC=O)N1Cc2c(OCc3ccc(CN4CCC(c5cccc(F)c5)CC4)cc3)cccc2C1=O. The van der Waals surface area contributed by atoms with Gasteiger partial charge in [0.25, 0.3) is 5.91 Å². The molecular weight excluding hydrogens is 521 g/mol. The van der Waals surface area contributed by atoms with Gasteiger partial charge in [-0.15, -0.1) is 0 Å². The zero-order valence-corrected chi connectivity index (χ0v) is 23.4. The van der Waals surface area contributed by atoms with Crippen LogP contribution in [0.15, 0.2) is 66.7 Å². The summed E-state index contributed by atoms with van der Waals surface area (Å²) in [6.07, 6.45) is 3.29. The molecule has 3 aromatic rings. The van der Waals surface area contributed by atoms with Crippen LogP contribution in [-0.4, -0.2) is 54.1 Å². The van der Waals surface area contributed by atoms with Crippen molar-refractivity contribution in [1.29, 1.82) is 0 Å². The highest BCUT2D eigenvalue weighted by atomic mass is 19.1. The smallest absolute Gasteiger partial charge is 0.255 e. The molecule has 0 saturated carbocycles. The number of ether oxygens (including phenoxy) is 1. The lowest BCUT2D eigenvalue weighted by Crippen LogP contribution is -2.46. The monoisotopic (exact) mass is 557 g/mol. The molecule has 214 valence electrons. The zero-order valence-electron chi connectivity index (χ0n) is 23.4. The lowest BCUT2D eigenvalue weighted by atomic mass is 9.89. The van der Waals surface area contributed by atoms with Crippen molar-refractivity contribution in [2.45, 2.75) is 57.3 Å². The summed E-state index contributed by atoms with van der Waals surface area (Å²) < 4.78 is 19.8. The number of nitrogens with one attached hydrogen (secondary N) is 1. The van der Waals surface area contributed by atoms with E-state index < -0.39 is 6.04 Å². The molecular formula is C33H36FN3O4. The van der Waals surface area contributed by atoms with Crippen LogP contribution in [0.3, 0.4) is 0 Å². The minimum Gasteiger partial charge on any atom is -0.489 e. The number of hydrogen-bond acceptors (Lipinski definition) is 5. The van der Waals surface area contributed by atoms with Crippen LogP contribution < -0.4 is 10.1 Å². The van der Waals surface area contributed by atoms with E-state index in [1.54, 1.807) is 24.3 Å². The van der Waals surface area contributed by atoms with Crippen molar-refractivity contribution in [2.75, 3.05) is 20.1 Å². The lowest BCUT2D eigenvalue weighted by Gasteiger charge is -2.32. The van der Waals surface area contributed by atoms with Gasteiger partial charge >= 0.3 is 0 Å². The molecule has 1 unspecified atom stereocenters. The number of nitrogens with zero attached hydrogens (tertiary/aromatic N) is 2. The van der Waals surface area contributed by atoms with Crippen LogP contribution in [0.2, 0.25) is 0 Å². The standard InChI is InChI=1S/C33H36FN3O4/c1-35-32(39)30(8-4-18-38)37-21-29-28(33(37)40)7-3-9-31(29)41-22-24-12-10-23(11-13-24)20-36-16-14-25(15-17-36)26-5-2-6-27(34)19-26/h2-3,5-7,9-13,18-19,25,30H,4,8,14-17,20-22H2,1H3,(H,35,39). The molecule has 7 nitrogen and oxygen atoms in total. The van der Waals surface area contributed by atoms with E-state index in [0.29, 0.717) is 23.8 Å². The Morgan fingerprint density at radius 3 is 2.51 bits per heavy atom. The van der Waals surface area contributed by atoms with Gasteiger partial charge in [0.15, 0.2) is 0 Å². The Morgan fingerprint density at radius 1 is 1.07 bits per heavy atom. The van der Waals surface area contributed by atoms with Crippen molar-refractivity contribution in [1.82, 2.24) is 15.1 Å². The second-order valence-corrected chi connectivity index (χ2v) is 10.8. The first kappa shape index (κ1) is 28.5.